The molecule has 0 aliphatic carbocycles. The molecule has 2 aromatic carbocycles. The van der Waals surface area contributed by atoms with E-state index >= 15 is 0 Å². The molecule has 0 aliphatic rings. The fourth-order valence-electron chi connectivity index (χ4n) is 2.41. The Morgan fingerprint density at radius 1 is 0.897 bits per heavy atom. The van der Waals surface area contributed by atoms with E-state index in [9.17, 15) is 22.8 Å². The first kappa shape index (κ1) is 20.1. The highest BCUT2D eigenvalue weighted by Crippen LogP contribution is 2.29. The number of carbonyl (C=O) groups is 2. The first-order chi connectivity index (χ1) is 13.7. The van der Waals surface area contributed by atoms with Gasteiger partial charge in [0.2, 0.25) is 5.88 Å². The van der Waals surface area contributed by atoms with Gasteiger partial charge in [-0.05, 0) is 61.5 Å². The van der Waals surface area contributed by atoms with Gasteiger partial charge in [-0.3, -0.25) is 9.59 Å². The number of pyridine rings is 1. The Kier molecular flexibility index (Phi) is 5.63. The highest BCUT2D eigenvalue weighted by Gasteiger charge is 2.30. The van der Waals surface area contributed by atoms with Gasteiger partial charge in [0, 0.05) is 17.2 Å². The second-order valence-corrected chi connectivity index (χ2v) is 6.10. The molecule has 29 heavy (non-hydrogen) atoms. The number of amides is 1. The summed E-state index contributed by atoms with van der Waals surface area (Å²) in [6, 6.07) is 13.5. The van der Waals surface area contributed by atoms with Gasteiger partial charge < -0.3 is 10.1 Å². The third-order valence-corrected chi connectivity index (χ3v) is 3.95. The molecule has 0 atom stereocenters. The number of nitrogens with one attached hydrogen (secondary N) is 1. The van der Waals surface area contributed by atoms with Crippen LogP contribution in [0.15, 0.2) is 66.9 Å². The Labute approximate surface area is 164 Å². The Bertz CT molecular complexity index is 1010. The summed E-state index contributed by atoms with van der Waals surface area (Å²) in [5.74, 6) is 0.147. The number of hydrogen-bond donors (Lipinski definition) is 1. The highest BCUT2D eigenvalue weighted by atomic mass is 19.4. The molecule has 3 rings (SSSR count). The van der Waals surface area contributed by atoms with E-state index in [1.807, 2.05) is 0 Å². The zero-order valence-corrected chi connectivity index (χ0v) is 15.2. The van der Waals surface area contributed by atoms with Gasteiger partial charge in [0.1, 0.15) is 5.75 Å². The van der Waals surface area contributed by atoms with Gasteiger partial charge in [0.25, 0.3) is 5.91 Å². The molecule has 0 unspecified atom stereocenters. The van der Waals surface area contributed by atoms with Gasteiger partial charge in [-0.15, -0.1) is 0 Å². The molecule has 1 N–H and O–H groups in total. The Morgan fingerprint density at radius 2 is 1.52 bits per heavy atom. The van der Waals surface area contributed by atoms with E-state index in [0.29, 0.717) is 17.0 Å². The summed E-state index contributed by atoms with van der Waals surface area (Å²) in [5, 5.41) is 2.55. The maximum atomic E-state index is 12.6. The predicted molar refractivity (Wildman–Crippen MR) is 100 cm³/mol. The first-order valence-electron chi connectivity index (χ1n) is 8.46. The molecular formula is C21H15F3N2O3. The van der Waals surface area contributed by atoms with Crippen molar-refractivity contribution in [3.8, 4) is 11.6 Å². The zero-order valence-electron chi connectivity index (χ0n) is 15.2. The molecule has 1 amide bonds. The Hall–Kier alpha value is -3.68. The fourth-order valence-corrected chi connectivity index (χ4v) is 2.41. The van der Waals surface area contributed by atoms with Gasteiger partial charge in [-0.2, -0.15) is 13.2 Å². The summed E-state index contributed by atoms with van der Waals surface area (Å²) in [5.41, 5.74) is 0.179. The number of rotatable bonds is 5. The standard InChI is InChI=1S/C21H15F3N2O3/c1-13(27)14-4-9-18(10-5-14)29-19-11-8-17(12-25-19)26-20(28)15-2-6-16(7-3-15)21(22,23)24/h2-12H,1H3,(H,26,28). The van der Waals surface area contributed by atoms with E-state index in [-0.39, 0.29) is 17.2 Å². The fraction of sp³-hybridized carbons (Fsp3) is 0.0952. The first-order valence-corrected chi connectivity index (χ1v) is 8.46. The van der Waals surface area contributed by atoms with Crippen molar-refractivity contribution in [3.63, 3.8) is 0 Å². The number of benzene rings is 2. The van der Waals surface area contributed by atoms with E-state index in [1.165, 1.54) is 19.2 Å². The number of carbonyl (C=O) groups excluding carboxylic acids is 2. The average molecular weight is 400 g/mol. The number of nitrogens with zero attached hydrogens (tertiary/aromatic N) is 1. The quantitative estimate of drug-likeness (QED) is 0.587. The van der Waals surface area contributed by atoms with Crippen LogP contribution in [0.25, 0.3) is 0 Å². The van der Waals surface area contributed by atoms with Gasteiger partial charge in [-0.25, -0.2) is 4.98 Å². The van der Waals surface area contributed by atoms with Gasteiger partial charge in [-0.1, -0.05) is 0 Å². The molecule has 0 saturated carbocycles. The molecule has 8 heteroatoms. The molecule has 1 aromatic heterocycles. The Morgan fingerprint density at radius 3 is 2.03 bits per heavy atom. The van der Waals surface area contributed by atoms with Crippen molar-refractivity contribution in [1.82, 2.24) is 4.98 Å². The molecule has 0 spiro atoms. The average Bonchev–Trinajstić information content (AvgIpc) is 2.69. The molecule has 148 valence electrons. The van der Waals surface area contributed by atoms with Crippen LogP contribution < -0.4 is 10.1 Å². The summed E-state index contributed by atoms with van der Waals surface area (Å²) in [6.45, 7) is 1.47. The summed E-state index contributed by atoms with van der Waals surface area (Å²) < 4.78 is 43.3. The molecule has 0 bridgehead atoms. The molecule has 0 fully saturated rings. The topological polar surface area (TPSA) is 68.3 Å². The van der Waals surface area contributed by atoms with Crippen LogP contribution >= 0.6 is 0 Å². The summed E-state index contributed by atoms with van der Waals surface area (Å²) >= 11 is 0. The number of Topliss-reactive ketones (excluding diaryl/α,β-unsaturated/α-hetero) is 1. The van der Waals surface area contributed by atoms with Crippen molar-refractivity contribution in [2.75, 3.05) is 5.32 Å². The number of anilines is 1. The summed E-state index contributed by atoms with van der Waals surface area (Å²) in [6.07, 6.45) is -3.09. The van der Waals surface area contributed by atoms with Crippen LogP contribution in [0.4, 0.5) is 18.9 Å². The van der Waals surface area contributed by atoms with Crippen molar-refractivity contribution in [3.05, 3.63) is 83.6 Å². The van der Waals surface area contributed by atoms with Crippen LogP contribution in [0.1, 0.15) is 33.2 Å². The van der Waals surface area contributed by atoms with E-state index in [2.05, 4.69) is 10.3 Å². The van der Waals surface area contributed by atoms with Crippen molar-refractivity contribution in [1.29, 1.82) is 0 Å². The van der Waals surface area contributed by atoms with Gasteiger partial charge >= 0.3 is 6.18 Å². The Balaban J connectivity index is 1.62. The maximum Gasteiger partial charge on any atom is 0.416 e. The summed E-state index contributed by atoms with van der Waals surface area (Å²) in [4.78, 5) is 27.5. The van der Waals surface area contributed by atoms with E-state index in [4.69, 9.17) is 4.74 Å². The smallest absolute Gasteiger partial charge is 0.416 e. The lowest BCUT2D eigenvalue weighted by Crippen LogP contribution is -2.13. The number of ether oxygens (including phenoxy) is 1. The van der Waals surface area contributed by atoms with Crippen molar-refractivity contribution >= 4 is 17.4 Å². The van der Waals surface area contributed by atoms with Gasteiger partial charge in [0.05, 0.1) is 17.4 Å². The van der Waals surface area contributed by atoms with Crippen LogP contribution in [-0.2, 0) is 6.18 Å². The van der Waals surface area contributed by atoms with Crippen LogP contribution in [0.5, 0.6) is 11.6 Å². The lowest BCUT2D eigenvalue weighted by molar-refractivity contribution is -0.137. The molecule has 3 aromatic rings. The molecule has 0 saturated heterocycles. The SMILES string of the molecule is CC(=O)c1ccc(Oc2ccc(NC(=O)c3ccc(C(F)(F)F)cc3)cn2)cc1. The van der Waals surface area contributed by atoms with Gasteiger partial charge in [0.15, 0.2) is 5.78 Å². The molecule has 0 radical (unpaired) electrons. The van der Waals surface area contributed by atoms with E-state index in [1.54, 1.807) is 30.3 Å². The molecule has 5 nitrogen and oxygen atoms in total. The van der Waals surface area contributed by atoms with Crippen molar-refractivity contribution in [2.24, 2.45) is 0 Å². The minimum Gasteiger partial charge on any atom is -0.439 e. The third kappa shape index (κ3) is 5.19. The zero-order chi connectivity index (χ0) is 21.0. The van der Waals surface area contributed by atoms with Crippen LogP contribution in [0.3, 0.4) is 0 Å². The number of halogens is 3. The predicted octanol–water partition coefficient (Wildman–Crippen LogP) is 5.35. The third-order valence-electron chi connectivity index (χ3n) is 3.95. The molecular weight excluding hydrogens is 385 g/mol. The normalized spacial score (nSPS) is 11.0. The number of hydrogen-bond acceptors (Lipinski definition) is 4. The highest BCUT2D eigenvalue weighted by molar-refractivity contribution is 6.04. The number of aromatic nitrogens is 1. The van der Waals surface area contributed by atoms with Crippen molar-refractivity contribution in [2.45, 2.75) is 13.1 Å². The lowest BCUT2D eigenvalue weighted by Gasteiger charge is -2.09. The second-order valence-electron chi connectivity index (χ2n) is 6.10. The second kappa shape index (κ2) is 8.14. The number of ketones is 1. The van der Waals surface area contributed by atoms with Crippen LogP contribution in [-0.4, -0.2) is 16.7 Å². The lowest BCUT2D eigenvalue weighted by atomic mass is 10.1. The van der Waals surface area contributed by atoms with E-state index in [0.717, 1.165) is 24.3 Å². The monoisotopic (exact) mass is 400 g/mol. The minimum atomic E-state index is -4.46. The largest absolute Gasteiger partial charge is 0.439 e. The van der Waals surface area contributed by atoms with Crippen molar-refractivity contribution < 1.29 is 27.5 Å². The summed E-state index contributed by atoms with van der Waals surface area (Å²) in [7, 11) is 0. The minimum absolute atomic E-state index is 0.0529. The number of alkyl halides is 3. The molecule has 0 aliphatic heterocycles. The van der Waals surface area contributed by atoms with Crippen LogP contribution in [0.2, 0.25) is 0 Å². The van der Waals surface area contributed by atoms with E-state index < -0.39 is 17.6 Å². The van der Waals surface area contributed by atoms with Crippen LogP contribution in [0, 0.1) is 0 Å². The maximum absolute atomic E-state index is 12.6. The molecule has 1 heterocycles.